The van der Waals surface area contributed by atoms with Crippen molar-refractivity contribution in [1.29, 1.82) is 0 Å². The number of amides is 1. The molecule has 0 unspecified atom stereocenters. The number of nitrogen functional groups attached to an aromatic ring is 1. The Labute approximate surface area is 122 Å². The molecule has 0 atom stereocenters. The molecule has 104 valence electrons. The standard InChI is InChI=1S/C13H18ClN3OS/c1-16-4-6-17(7-5-16)13(18)9-19-12-8-10(15)2-3-11(12)14/h2-3,8H,4-7,9,15H2,1H3. The van der Waals surface area contributed by atoms with Gasteiger partial charge in [0.25, 0.3) is 0 Å². The number of nitrogens with two attached hydrogens (primary N) is 1. The fraction of sp³-hybridized carbons (Fsp3) is 0.462. The van der Waals surface area contributed by atoms with Crippen LogP contribution in [-0.2, 0) is 4.79 Å². The highest BCUT2D eigenvalue weighted by molar-refractivity contribution is 8.00. The molecule has 1 fully saturated rings. The second-order valence-electron chi connectivity index (χ2n) is 4.66. The molecule has 19 heavy (non-hydrogen) atoms. The Kier molecular flexibility index (Phi) is 4.96. The number of rotatable bonds is 3. The molecular formula is C13H18ClN3OS. The second kappa shape index (κ2) is 6.50. The van der Waals surface area contributed by atoms with Gasteiger partial charge in [0.15, 0.2) is 0 Å². The Hall–Kier alpha value is -0.910. The first-order valence-electron chi connectivity index (χ1n) is 6.20. The zero-order valence-electron chi connectivity index (χ0n) is 10.9. The molecular weight excluding hydrogens is 282 g/mol. The number of halogens is 1. The van der Waals surface area contributed by atoms with Crippen LogP contribution in [0.25, 0.3) is 0 Å². The van der Waals surface area contributed by atoms with Crippen molar-refractivity contribution in [3.63, 3.8) is 0 Å². The number of benzene rings is 1. The first kappa shape index (κ1) is 14.5. The average Bonchev–Trinajstić information content (AvgIpc) is 2.40. The van der Waals surface area contributed by atoms with Crippen molar-refractivity contribution in [2.45, 2.75) is 4.90 Å². The van der Waals surface area contributed by atoms with Gasteiger partial charge in [0, 0.05) is 36.8 Å². The largest absolute Gasteiger partial charge is 0.399 e. The Morgan fingerprint density at radius 1 is 1.37 bits per heavy atom. The minimum Gasteiger partial charge on any atom is -0.399 e. The van der Waals surface area contributed by atoms with E-state index in [0.29, 0.717) is 16.5 Å². The lowest BCUT2D eigenvalue weighted by Gasteiger charge is -2.32. The van der Waals surface area contributed by atoms with Gasteiger partial charge >= 0.3 is 0 Å². The normalized spacial score (nSPS) is 16.6. The summed E-state index contributed by atoms with van der Waals surface area (Å²) in [5.41, 5.74) is 6.38. The highest BCUT2D eigenvalue weighted by atomic mass is 35.5. The summed E-state index contributed by atoms with van der Waals surface area (Å²) in [4.78, 5) is 17.1. The maximum Gasteiger partial charge on any atom is 0.233 e. The van der Waals surface area contributed by atoms with Gasteiger partial charge in [0.1, 0.15) is 0 Å². The van der Waals surface area contributed by atoms with Crippen molar-refractivity contribution in [3.8, 4) is 0 Å². The predicted octanol–water partition coefficient (Wildman–Crippen LogP) is 1.79. The van der Waals surface area contributed by atoms with E-state index in [4.69, 9.17) is 17.3 Å². The molecule has 1 aromatic carbocycles. The number of hydrogen-bond acceptors (Lipinski definition) is 4. The highest BCUT2D eigenvalue weighted by Gasteiger charge is 2.19. The van der Waals surface area contributed by atoms with Gasteiger partial charge in [-0.3, -0.25) is 4.79 Å². The Morgan fingerprint density at radius 3 is 2.74 bits per heavy atom. The lowest BCUT2D eigenvalue weighted by molar-refractivity contribution is -0.129. The Bertz CT molecular complexity index is 461. The molecule has 0 aromatic heterocycles. The number of thioether (sulfide) groups is 1. The minimum absolute atomic E-state index is 0.164. The maximum absolute atomic E-state index is 12.1. The van der Waals surface area contributed by atoms with E-state index in [1.165, 1.54) is 11.8 Å². The van der Waals surface area contributed by atoms with E-state index in [-0.39, 0.29) is 5.91 Å². The van der Waals surface area contributed by atoms with Crippen LogP contribution in [0.5, 0.6) is 0 Å². The fourth-order valence-corrected chi connectivity index (χ4v) is 3.09. The quantitative estimate of drug-likeness (QED) is 0.683. The molecule has 4 nitrogen and oxygen atoms in total. The number of carbonyl (C=O) groups excluding carboxylic acids is 1. The van der Waals surface area contributed by atoms with Crippen LogP contribution in [0.4, 0.5) is 5.69 Å². The second-order valence-corrected chi connectivity index (χ2v) is 6.09. The summed E-state index contributed by atoms with van der Waals surface area (Å²) < 4.78 is 0. The topological polar surface area (TPSA) is 49.6 Å². The molecule has 0 radical (unpaired) electrons. The van der Waals surface area contributed by atoms with Gasteiger partial charge in [-0.05, 0) is 25.2 Å². The number of hydrogen-bond donors (Lipinski definition) is 1. The van der Waals surface area contributed by atoms with Crippen LogP contribution in [0.3, 0.4) is 0 Å². The van der Waals surface area contributed by atoms with E-state index in [2.05, 4.69) is 11.9 Å². The predicted molar refractivity (Wildman–Crippen MR) is 80.7 cm³/mol. The summed E-state index contributed by atoms with van der Waals surface area (Å²) in [5, 5.41) is 0.644. The van der Waals surface area contributed by atoms with Crippen LogP contribution < -0.4 is 5.73 Å². The van der Waals surface area contributed by atoms with Gasteiger partial charge in [0.2, 0.25) is 5.91 Å². The van der Waals surface area contributed by atoms with Crippen LogP contribution in [0.1, 0.15) is 0 Å². The number of anilines is 1. The van der Waals surface area contributed by atoms with Gasteiger partial charge in [-0.15, -0.1) is 11.8 Å². The molecule has 0 spiro atoms. The minimum atomic E-state index is 0.164. The average molecular weight is 300 g/mol. The first-order chi connectivity index (χ1) is 9.06. The third kappa shape index (κ3) is 4.03. The third-order valence-corrected chi connectivity index (χ3v) is 4.64. The molecule has 0 saturated carbocycles. The molecule has 0 aliphatic carbocycles. The summed E-state index contributed by atoms with van der Waals surface area (Å²) in [5.74, 6) is 0.573. The monoisotopic (exact) mass is 299 g/mol. The van der Waals surface area contributed by atoms with Crippen LogP contribution in [-0.4, -0.2) is 54.7 Å². The highest BCUT2D eigenvalue weighted by Crippen LogP contribution is 2.29. The lowest BCUT2D eigenvalue weighted by Crippen LogP contribution is -2.47. The molecule has 1 saturated heterocycles. The smallest absolute Gasteiger partial charge is 0.233 e. The van der Waals surface area contributed by atoms with Crippen molar-refractivity contribution in [2.24, 2.45) is 0 Å². The summed E-state index contributed by atoms with van der Waals surface area (Å²) in [7, 11) is 2.07. The summed E-state index contributed by atoms with van der Waals surface area (Å²) in [6.07, 6.45) is 0. The van der Waals surface area contributed by atoms with E-state index in [1.807, 2.05) is 11.0 Å². The Morgan fingerprint density at radius 2 is 2.05 bits per heavy atom. The van der Waals surface area contributed by atoms with E-state index < -0.39 is 0 Å². The van der Waals surface area contributed by atoms with Crippen LogP contribution >= 0.6 is 23.4 Å². The Balaban J connectivity index is 1.88. The molecule has 0 bridgehead atoms. The molecule has 1 aliphatic heterocycles. The SMILES string of the molecule is CN1CCN(C(=O)CSc2cc(N)ccc2Cl)CC1. The molecule has 1 amide bonds. The summed E-state index contributed by atoms with van der Waals surface area (Å²) >= 11 is 7.52. The van der Waals surface area contributed by atoms with Crippen molar-refractivity contribution in [2.75, 3.05) is 44.7 Å². The fourth-order valence-electron chi connectivity index (χ4n) is 1.92. The zero-order chi connectivity index (χ0) is 13.8. The van der Waals surface area contributed by atoms with Crippen LogP contribution in [0, 0.1) is 0 Å². The summed E-state index contributed by atoms with van der Waals surface area (Å²) in [6.45, 7) is 3.49. The van der Waals surface area contributed by atoms with E-state index in [9.17, 15) is 4.79 Å². The van der Waals surface area contributed by atoms with Gasteiger partial charge in [-0.25, -0.2) is 0 Å². The van der Waals surface area contributed by atoms with Gasteiger partial charge in [0.05, 0.1) is 10.8 Å². The number of nitrogens with zero attached hydrogens (tertiary/aromatic N) is 2. The van der Waals surface area contributed by atoms with Crippen LogP contribution in [0.15, 0.2) is 23.1 Å². The number of likely N-dealkylation sites (N-methyl/N-ethyl adjacent to an activating group) is 1. The van der Waals surface area contributed by atoms with Crippen molar-refractivity contribution in [1.82, 2.24) is 9.80 Å². The molecule has 2 rings (SSSR count). The summed E-state index contributed by atoms with van der Waals surface area (Å²) in [6, 6.07) is 5.33. The molecule has 2 N–H and O–H groups in total. The van der Waals surface area contributed by atoms with Crippen molar-refractivity contribution >= 4 is 35.0 Å². The number of carbonyl (C=O) groups is 1. The number of piperazine rings is 1. The molecule has 1 heterocycles. The van der Waals surface area contributed by atoms with Crippen molar-refractivity contribution < 1.29 is 4.79 Å². The van der Waals surface area contributed by atoms with E-state index >= 15 is 0 Å². The van der Waals surface area contributed by atoms with Gasteiger partial charge in [-0.1, -0.05) is 11.6 Å². The van der Waals surface area contributed by atoms with Gasteiger partial charge < -0.3 is 15.5 Å². The van der Waals surface area contributed by atoms with E-state index in [0.717, 1.165) is 31.1 Å². The molecule has 6 heteroatoms. The van der Waals surface area contributed by atoms with Gasteiger partial charge in [-0.2, -0.15) is 0 Å². The maximum atomic E-state index is 12.1. The third-order valence-electron chi connectivity index (χ3n) is 3.16. The van der Waals surface area contributed by atoms with Crippen molar-refractivity contribution in [3.05, 3.63) is 23.2 Å². The first-order valence-corrected chi connectivity index (χ1v) is 7.57. The van der Waals surface area contributed by atoms with E-state index in [1.54, 1.807) is 12.1 Å². The zero-order valence-corrected chi connectivity index (χ0v) is 12.5. The molecule has 1 aromatic rings. The van der Waals surface area contributed by atoms with Crippen LogP contribution in [0.2, 0.25) is 5.02 Å². The lowest BCUT2D eigenvalue weighted by atomic mass is 10.3. The molecule has 1 aliphatic rings.